The zero-order chi connectivity index (χ0) is 18.8. The van der Waals surface area contributed by atoms with Crippen LogP contribution in [0.2, 0.25) is 5.02 Å². The molecule has 0 atom stereocenters. The first kappa shape index (κ1) is 17.1. The molecule has 0 aliphatic carbocycles. The van der Waals surface area contributed by atoms with Gasteiger partial charge >= 0.3 is 5.69 Å². The monoisotopic (exact) mass is 382 g/mol. The van der Waals surface area contributed by atoms with Gasteiger partial charge in [-0.05, 0) is 42.0 Å². The minimum Gasteiger partial charge on any atom is -0.497 e. The SMILES string of the molecule is COc1cccc(Cn2nc3c(Oc4ccc(Cl)cc4)nccn3c2=O)c1. The van der Waals surface area contributed by atoms with Crippen molar-refractivity contribution in [1.29, 1.82) is 0 Å². The van der Waals surface area contributed by atoms with Gasteiger partial charge in [0, 0.05) is 17.4 Å². The molecule has 0 saturated heterocycles. The molecule has 27 heavy (non-hydrogen) atoms. The van der Waals surface area contributed by atoms with E-state index in [0.717, 1.165) is 11.3 Å². The molecule has 0 amide bonds. The number of rotatable bonds is 5. The van der Waals surface area contributed by atoms with Crippen LogP contribution in [0, 0.1) is 0 Å². The Kier molecular flexibility index (Phi) is 4.52. The lowest BCUT2D eigenvalue weighted by molar-refractivity contribution is 0.414. The van der Waals surface area contributed by atoms with E-state index >= 15 is 0 Å². The topological polar surface area (TPSA) is 70.7 Å². The van der Waals surface area contributed by atoms with Crippen LogP contribution < -0.4 is 15.2 Å². The maximum Gasteiger partial charge on any atom is 0.350 e. The number of benzene rings is 2. The third-order valence-corrected chi connectivity index (χ3v) is 4.22. The van der Waals surface area contributed by atoms with E-state index in [0.29, 0.717) is 23.0 Å². The third-order valence-electron chi connectivity index (χ3n) is 3.96. The summed E-state index contributed by atoms with van der Waals surface area (Å²) in [4.78, 5) is 16.9. The second kappa shape index (κ2) is 7.13. The van der Waals surface area contributed by atoms with Crippen LogP contribution in [0.3, 0.4) is 0 Å². The number of hydrogen-bond acceptors (Lipinski definition) is 5. The van der Waals surface area contributed by atoms with E-state index in [1.807, 2.05) is 24.3 Å². The van der Waals surface area contributed by atoms with Gasteiger partial charge < -0.3 is 9.47 Å². The van der Waals surface area contributed by atoms with Crippen molar-refractivity contribution in [3.63, 3.8) is 0 Å². The smallest absolute Gasteiger partial charge is 0.350 e. The lowest BCUT2D eigenvalue weighted by Crippen LogP contribution is -2.21. The molecule has 0 unspecified atom stereocenters. The normalized spacial score (nSPS) is 10.9. The van der Waals surface area contributed by atoms with Gasteiger partial charge in [0.1, 0.15) is 11.5 Å². The number of fused-ring (bicyclic) bond motifs is 1. The molecule has 4 rings (SSSR count). The van der Waals surface area contributed by atoms with Crippen molar-refractivity contribution >= 4 is 17.2 Å². The average Bonchev–Trinajstić information content (AvgIpc) is 3.01. The molecule has 0 bridgehead atoms. The highest BCUT2D eigenvalue weighted by Crippen LogP contribution is 2.23. The lowest BCUT2D eigenvalue weighted by atomic mass is 10.2. The maximum absolute atomic E-state index is 12.7. The van der Waals surface area contributed by atoms with Crippen LogP contribution in [0.5, 0.6) is 17.4 Å². The Balaban J connectivity index is 1.70. The van der Waals surface area contributed by atoms with Crippen LogP contribution in [0.25, 0.3) is 5.65 Å². The van der Waals surface area contributed by atoms with Gasteiger partial charge in [0.2, 0.25) is 5.65 Å². The minimum atomic E-state index is -0.281. The van der Waals surface area contributed by atoms with Crippen LogP contribution in [-0.2, 0) is 6.54 Å². The van der Waals surface area contributed by atoms with Gasteiger partial charge in [-0.15, -0.1) is 5.10 Å². The van der Waals surface area contributed by atoms with Crippen molar-refractivity contribution in [1.82, 2.24) is 19.2 Å². The summed E-state index contributed by atoms with van der Waals surface area (Å²) in [6.45, 7) is 0.304. The summed E-state index contributed by atoms with van der Waals surface area (Å²) < 4.78 is 13.8. The molecule has 0 fully saturated rings. The number of hydrogen-bond donors (Lipinski definition) is 0. The highest BCUT2D eigenvalue weighted by molar-refractivity contribution is 6.30. The average molecular weight is 383 g/mol. The van der Waals surface area contributed by atoms with E-state index in [-0.39, 0.29) is 11.6 Å². The molecule has 4 aromatic rings. The summed E-state index contributed by atoms with van der Waals surface area (Å²) in [5.74, 6) is 1.51. The van der Waals surface area contributed by atoms with E-state index < -0.39 is 0 Å². The van der Waals surface area contributed by atoms with E-state index in [9.17, 15) is 4.79 Å². The lowest BCUT2D eigenvalue weighted by Gasteiger charge is -2.04. The van der Waals surface area contributed by atoms with Crippen LogP contribution in [0.1, 0.15) is 5.56 Å². The van der Waals surface area contributed by atoms with Gasteiger partial charge in [-0.1, -0.05) is 23.7 Å². The van der Waals surface area contributed by atoms with Gasteiger partial charge in [-0.2, -0.15) is 0 Å². The Morgan fingerprint density at radius 3 is 2.70 bits per heavy atom. The highest BCUT2D eigenvalue weighted by Gasteiger charge is 2.14. The standard InChI is InChI=1S/C19H15ClN4O3/c1-26-16-4-2-3-13(11-16)12-24-19(25)23-10-9-21-18(17(23)22-24)27-15-7-5-14(20)6-8-15/h2-11H,12H2,1H3. The molecular weight excluding hydrogens is 368 g/mol. The van der Waals surface area contributed by atoms with Crippen molar-refractivity contribution in [2.45, 2.75) is 6.54 Å². The zero-order valence-electron chi connectivity index (χ0n) is 14.4. The Morgan fingerprint density at radius 2 is 1.93 bits per heavy atom. The fourth-order valence-electron chi connectivity index (χ4n) is 2.66. The largest absolute Gasteiger partial charge is 0.497 e. The second-order valence-electron chi connectivity index (χ2n) is 5.77. The van der Waals surface area contributed by atoms with E-state index in [2.05, 4.69) is 10.1 Å². The Bertz CT molecular complexity index is 1150. The molecule has 0 N–H and O–H groups in total. The summed E-state index contributed by atoms with van der Waals surface area (Å²) in [5.41, 5.74) is 0.949. The van der Waals surface area contributed by atoms with Gasteiger partial charge in [0.15, 0.2) is 0 Å². The second-order valence-corrected chi connectivity index (χ2v) is 6.21. The predicted molar refractivity (Wildman–Crippen MR) is 101 cm³/mol. The van der Waals surface area contributed by atoms with Crippen LogP contribution in [0.15, 0.2) is 65.7 Å². The number of methoxy groups -OCH3 is 1. The maximum atomic E-state index is 12.7. The molecule has 0 aliphatic heterocycles. The van der Waals surface area contributed by atoms with Crippen molar-refractivity contribution in [3.05, 3.63) is 82.0 Å². The molecular formula is C19H15ClN4O3. The summed E-state index contributed by atoms with van der Waals surface area (Å²) in [7, 11) is 1.60. The van der Waals surface area contributed by atoms with Gasteiger partial charge in [-0.3, -0.25) is 0 Å². The summed E-state index contributed by atoms with van der Waals surface area (Å²) in [6, 6.07) is 14.3. The van der Waals surface area contributed by atoms with Crippen LogP contribution >= 0.6 is 11.6 Å². The molecule has 0 spiro atoms. The van der Waals surface area contributed by atoms with Gasteiger partial charge in [-0.25, -0.2) is 18.9 Å². The molecule has 7 nitrogen and oxygen atoms in total. The van der Waals surface area contributed by atoms with E-state index in [1.54, 1.807) is 37.6 Å². The molecule has 8 heteroatoms. The van der Waals surface area contributed by atoms with Crippen LogP contribution in [-0.4, -0.2) is 26.3 Å². The highest BCUT2D eigenvalue weighted by atomic mass is 35.5. The number of aromatic nitrogens is 4. The van der Waals surface area contributed by atoms with Crippen molar-refractivity contribution < 1.29 is 9.47 Å². The fraction of sp³-hybridized carbons (Fsp3) is 0.105. The van der Waals surface area contributed by atoms with E-state index in [4.69, 9.17) is 21.1 Å². The first-order chi connectivity index (χ1) is 13.1. The quantitative estimate of drug-likeness (QED) is 0.529. The molecule has 2 heterocycles. The van der Waals surface area contributed by atoms with Gasteiger partial charge in [0.25, 0.3) is 5.88 Å². The number of ether oxygens (including phenoxy) is 2. The summed E-state index contributed by atoms with van der Waals surface area (Å²) in [6.07, 6.45) is 3.05. The minimum absolute atomic E-state index is 0.237. The molecule has 2 aromatic carbocycles. The summed E-state index contributed by atoms with van der Waals surface area (Å²) in [5, 5.41) is 4.99. The Hall–Kier alpha value is -3.32. The molecule has 0 aliphatic rings. The first-order valence-electron chi connectivity index (χ1n) is 8.14. The fourth-order valence-corrected chi connectivity index (χ4v) is 2.78. The van der Waals surface area contributed by atoms with Crippen molar-refractivity contribution in [3.8, 4) is 17.4 Å². The van der Waals surface area contributed by atoms with E-state index in [1.165, 1.54) is 15.3 Å². The summed E-state index contributed by atoms with van der Waals surface area (Å²) >= 11 is 5.89. The first-order valence-corrected chi connectivity index (χ1v) is 8.52. The molecule has 2 aromatic heterocycles. The predicted octanol–water partition coefficient (Wildman–Crippen LogP) is 3.39. The molecule has 0 saturated carbocycles. The van der Waals surface area contributed by atoms with Crippen molar-refractivity contribution in [2.75, 3.05) is 7.11 Å². The van der Waals surface area contributed by atoms with Gasteiger partial charge in [0.05, 0.1) is 13.7 Å². The Morgan fingerprint density at radius 1 is 1.11 bits per heavy atom. The third kappa shape index (κ3) is 3.50. The number of halogens is 1. The molecule has 136 valence electrons. The Labute approximate surface area is 159 Å². The zero-order valence-corrected chi connectivity index (χ0v) is 15.1. The van der Waals surface area contributed by atoms with Crippen LogP contribution in [0.4, 0.5) is 0 Å². The number of nitrogens with zero attached hydrogens (tertiary/aromatic N) is 4. The van der Waals surface area contributed by atoms with Crippen molar-refractivity contribution in [2.24, 2.45) is 0 Å². The molecule has 0 radical (unpaired) electrons.